The largest absolute Gasteiger partial charge is 0.490 e. The standard InChI is InChI=1S/C10H8ClFO5S/c11-6-3-5(10(13)14)4-7-9(6)17-2-1-8(12)18(7,15)16/h3-4,8H,1-2H2,(H,13,14). The van der Waals surface area contributed by atoms with Crippen molar-refractivity contribution in [2.75, 3.05) is 6.61 Å². The Bertz CT molecular complexity index is 613. The zero-order valence-corrected chi connectivity index (χ0v) is 10.5. The van der Waals surface area contributed by atoms with Crippen molar-refractivity contribution >= 4 is 27.4 Å². The van der Waals surface area contributed by atoms with Crippen molar-refractivity contribution in [3.63, 3.8) is 0 Å². The van der Waals surface area contributed by atoms with Gasteiger partial charge in [-0.2, -0.15) is 0 Å². The molecule has 0 saturated carbocycles. The Kier molecular flexibility index (Phi) is 3.20. The Balaban J connectivity index is 2.75. The molecule has 18 heavy (non-hydrogen) atoms. The summed E-state index contributed by atoms with van der Waals surface area (Å²) >= 11 is 5.76. The van der Waals surface area contributed by atoms with E-state index in [9.17, 15) is 17.6 Å². The van der Waals surface area contributed by atoms with E-state index in [1.807, 2.05) is 0 Å². The second kappa shape index (κ2) is 4.40. The first kappa shape index (κ1) is 13.1. The minimum absolute atomic E-state index is 0.139. The van der Waals surface area contributed by atoms with Crippen molar-refractivity contribution in [1.29, 1.82) is 0 Å². The van der Waals surface area contributed by atoms with Gasteiger partial charge in [0.05, 0.1) is 17.2 Å². The molecule has 1 aliphatic heterocycles. The molecule has 0 spiro atoms. The van der Waals surface area contributed by atoms with Crippen LogP contribution < -0.4 is 4.74 Å². The van der Waals surface area contributed by atoms with Gasteiger partial charge in [-0.1, -0.05) is 11.6 Å². The molecule has 2 rings (SSSR count). The Morgan fingerprint density at radius 3 is 2.78 bits per heavy atom. The lowest BCUT2D eigenvalue weighted by Gasteiger charge is -2.10. The number of benzene rings is 1. The molecular formula is C10H8ClFO5S. The number of fused-ring (bicyclic) bond motifs is 1. The molecule has 1 N–H and O–H groups in total. The average molecular weight is 295 g/mol. The van der Waals surface area contributed by atoms with Crippen LogP contribution in [0.2, 0.25) is 5.02 Å². The van der Waals surface area contributed by atoms with Crippen LogP contribution in [0.25, 0.3) is 0 Å². The highest BCUT2D eigenvalue weighted by Crippen LogP contribution is 2.38. The lowest BCUT2D eigenvalue weighted by Crippen LogP contribution is -2.16. The van der Waals surface area contributed by atoms with Gasteiger partial charge in [-0.15, -0.1) is 0 Å². The third-order valence-corrected chi connectivity index (χ3v) is 4.60. The first-order chi connectivity index (χ1) is 8.34. The zero-order chi connectivity index (χ0) is 13.5. The molecule has 0 aromatic heterocycles. The summed E-state index contributed by atoms with van der Waals surface area (Å²) in [5.41, 5.74) is -2.46. The number of aromatic carboxylic acids is 1. The van der Waals surface area contributed by atoms with Crippen molar-refractivity contribution in [2.45, 2.75) is 16.8 Å². The van der Waals surface area contributed by atoms with Gasteiger partial charge < -0.3 is 9.84 Å². The lowest BCUT2D eigenvalue weighted by atomic mass is 10.2. The lowest BCUT2D eigenvalue weighted by molar-refractivity contribution is 0.0696. The first-order valence-corrected chi connectivity index (χ1v) is 6.84. The Morgan fingerprint density at radius 1 is 1.50 bits per heavy atom. The van der Waals surface area contributed by atoms with Gasteiger partial charge in [0.2, 0.25) is 15.3 Å². The van der Waals surface area contributed by atoms with Crippen molar-refractivity contribution < 1.29 is 27.4 Å². The molecule has 0 fully saturated rings. The molecule has 0 bridgehead atoms. The summed E-state index contributed by atoms with van der Waals surface area (Å²) in [6, 6.07) is 1.92. The molecule has 1 aromatic rings. The van der Waals surface area contributed by atoms with Crippen LogP contribution in [-0.4, -0.2) is 31.6 Å². The van der Waals surface area contributed by atoms with Crippen LogP contribution in [-0.2, 0) is 9.84 Å². The highest BCUT2D eigenvalue weighted by Gasteiger charge is 2.35. The monoisotopic (exact) mass is 294 g/mol. The summed E-state index contributed by atoms with van der Waals surface area (Å²) in [6.45, 7) is -0.139. The van der Waals surface area contributed by atoms with Gasteiger partial charge in [0.15, 0.2) is 5.75 Å². The normalized spacial score (nSPS) is 21.6. The SMILES string of the molecule is O=C(O)c1cc(Cl)c2c(c1)S(=O)(=O)C(F)CCO2. The predicted molar refractivity (Wildman–Crippen MR) is 60.6 cm³/mol. The Labute approximate surface area is 107 Å². The number of hydrogen-bond donors (Lipinski definition) is 1. The number of carboxylic acid groups (broad SMARTS) is 1. The van der Waals surface area contributed by atoms with E-state index >= 15 is 0 Å². The molecule has 5 nitrogen and oxygen atoms in total. The highest BCUT2D eigenvalue weighted by molar-refractivity contribution is 7.92. The third kappa shape index (κ3) is 2.04. The molecule has 1 aromatic carbocycles. The maximum atomic E-state index is 13.5. The third-order valence-electron chi connectivity index (χ3n) is 2.49. The predicted octanol–water partition coefficient (Wildman–Crippen LogP) is 1.89. The molecule has 1 unspecified atom stereocenters. The van der Waals surface area contributed by atoms with Crippen molar-refractivity contribution in [1.82, 2.24) is 0 Å². The van der Waals surface area contributed by atoms with E-state index in [1.165, 1.54) is 0 Å². The Hall–Kier alpha value is -1.34. The molecule has 0 saturated heterocycles. The summed E-state index contributed by atoms with van der Waals surface area (Å²) in [7, 11) is -4.28. The van der Waals surface area contributed by atoms with E-state index in [4.69, 9.17) is 21.4 Å². The zero-order valence-electron chi connectivity index (χ0n) is 8.89. The van der Waals surface area contributed by atoms with Gasteiger partial charge in [-0.3, -0.25) is 0 Å². The molecule has 0 aliphatic carbocycles. The maximum Gasteiger partial charge on any atom is 0.335 e. The number of carboxylic acids is 1. The quantitative estimate of drug-likeness (QED) is 0.855. The topological polar surface area (TPSA) is 80.7 Å². The fraction of sp³-hybridized carbons (Fsp3) is 0.300. The number of sulfone groups is 1. The fourth-order valence-electron chi connectivity index (χ4n) is 1.59. The minimum atomic E-state index is -4.28. The number of alkyl halides is 1. The minimum Gasteiger partial charge on any atom is -0.490 e. The molecule has 0 radical (unpaired) electrons. The van der Waals surface area contributed by atoms with Crippen LogP contribution in [0, 0.1) is 0 Å². The van der Waals surface area contributed by atoms with Crippen LogP contribution in [0.3, 0.4) is 0 Å². The van der Waals surface area contributed by atoms with Crippen LogP contribution in [0.15, 0.2) is 17.0 Å². The summed E-state index contributed by atoms with van der Waals surface area (Å²) in [4.78, 5) is 10.3. The van der Waals surface area contributed by atoms with Gasteiger partial charge in [0, 0.05) is 6.42 Å². The summed E-state index contributed by atoms with van der Waals surface area (Å²) < 4.78 is 42.3. The number of ether oxygens (including phenoxy) is 1. The fourth-order valence-corrected chi connectivity index (χ4v) is 3.32. The van der Waals surface area contributed by atoms with Crippen LogP contribution in [0.5, 0.6) is 5.75 Å². The molecule has 98 valence electrons. The molecule has 1 aliphatic rings. The van der Waals surface area contributed by atoms with Gasteiger partial charge in [0.25, 0.3) is 0 Å². The summed E-state index contributed by atoms with van der Waals surface area (Å²) in [5.74, 6) is -1.55. The highest BCUT2D eigenvalue weighted by atomic mass is 35.5. The summed E-state index contributed by atoms with van der Waals surface area (Å²) in [6.07, 6.45) is -0.324. The molecule has 0 amide bonds. The van der Waals surface area contributed by atoms with Gasteiger partial charge in [-0.25, -0.2) is 17.6 Å². The van der Waals surface area contributed by atoms with E-state index in [0.717, 1.165) is 12.1 Å². The van der Waals surface area contributed by atoms with Crippen LogP contribution in [0.1, 0.15) is 16.8 Å². The second-order valence-electron chi connectivity index (χ2n) is 3.68. The maximum absolute atomic E-state index is 13.5. The smallest absolute Gasteiger partial charge is 0.335 e. The van der Waals surface area contributed by atoms with Gasteiger partial charge in [-0.05, 0) is 12.1 Å². The number of rotatable bonds is 1. The van der Waals surface area contributed by atoms with Crippen molar-refractivity contribution in [3.05, 3.63) is 22.7 Å². The average Bonchev–Trinajstić information content (AvgIpc) is 2.39. The van der Waals surface area contributed by atoms with E-state index in [-0.39, 0.29) is 29.4 Å². The van der Waals surface area contributed by atoms with Gasteiger partial charge in [0.1, 0.15) is 4.90 Å². The second-order valence-corrected chi connectivity index (χ2v) is 6.13. The molecule has 1 atom stereocenters. The van der Waals surface area contributed by atoms with Crippen LogP contribution in [0.4, 0.5) is 4.39 Å². The molecular weight excluding hydrogens is 287 g/mol. The molecule has 1 heterocycles. The van der Waals surface area contributed by atoms with E-state index in [1.54, 1.807) is 0 Å². The van der Waals surface area contributed by atoms with Crippen molar-refractivity contribution in [3.8, 4) is 5.75 Å². The summed E-state index contributed by atoms with van der Waals surface area (Å²) in [5, 5.41) is 8.66. The van der Waals surface area contributed by atoms with E-state index < -0.39 is 26.2 Å². The number of hydrogen-bond acceptors (Lipinski definition) is 4. The van der Waals surface area contributed by atoms with Gasteiger partial charge >= 0.3 is 5.97 Å². The number of carbonyl (C=O) groups is 1. The Morgan fingerprint density at radius 2 is 2.17 bits per heavy atom. The number of halogens is 2. The van der Waals surface area contributed by atoms with Crippen LogP contribution >= 0.6 is 11.6 Å². The van der Waals surface area contributed by atoms with E-state index in [0.29, 0.717) is 0 Å². The van der Waals surface area contributed by atoms with Crippen molar-refractivity contribution in [2.24, 2.45) is 0 Å². The first-order valence-electron chi connectivity index (χ1n) is 4.91. The van der Waals surface area contributed by atoms with E-state index in [2.05, 4.69) is 0 Å². The molecule has 8 heteroatoms.